The van der Waals surface area contributed by atoms with E-state index in [-0.39, 0.29) is 23.3 Å². The summed E-state index contributed by atoms with van der Waals surface area (Å²) in [6.45, 7) is 9.61. The summed E-state index contributed by atoms with van der Waals surface area (Å²) in [7, 11) is -3.76. The zero-order chi connectivity index (χ0) is 18.5. The number of carbonyl (C=O) groups excluding carboxylic acids is 1. The second-order valence-electron chi connectivity index (χ2n) is 7.32. The molecule has 0 radical (unpaired) electrons. The Hall–Kier alpha value is -1.44. The lowest BCUT2D eigenvalue weighted by Gasteiger charge is -2.24. The second kappa shape index (κ2) is 8.09. The van der Waals surface area contributed by atoms with Crippen molar-refractivity contribution >= 4 is 15.9 Å². The van der Waals surface area contributed by atoms with Crippen LogP contribution in [0.15, 0.2) is 29.2 Å². The topological polar surface area (TPSA) is 101 Å². The third kappa shape index (κ3) is 6.98. The lowest BCUT2D eigenvalue weighted by Crippen LogP contribution is -2.52. The number of benzene rings is 1. The van der Waals surface area contributed by atoms with Crippen LogP contribution in [0.5, 0.6) is 0 Å². The van der Waals surface area contributed by atoms with Crippen LogP contribution in [0, 0.1) is 12.8 Å². The molecular formula is C17H29N3O3S. The maximum Gasteiger partial charge on any atom is 0.241 e. The molecule has 0 heterocycles. The number of aryl methyl sites for hydroxylation is 1. The van der Waals surface area contributed by atoms with Crippen LogP contribution in [0.2, 0.25) is 0 Å². The van der Waals surface area contributed by atoms with Crippen LogP contribution in [0.1, 0.15) is 39.7 Å². The Morgan fingerprint density at radius 1 is 1.21 bits per heavy atom. The lowest BCUT2D eigenvalue weighted by molar-refractivity contribution is -0.123. The highest BCUT2D eigenvalue weighted by atomic mass is 32.2. The van der Waals surface area contributed by atoms with E-state index < -0.39 is 21.6 Å². The van der Waals surface area contributed by atoms with E-state index in [4.69, 9.17) is 5.73 Å². The van der Waals surface area contributed by atoms with E-state index in [1.54, 1.807) is 26.0 Å². The van der Waals surface area contributed by atoms with Gasteiger partial charge >= 0.3 is 0 Å². The molecule has 136 valence electrons. The first kappa shape index (κ1) is 20.6. The SMILES string of the molecule is Cc1ccc(S(=O)(=O)NC(CC(C)C)C(=O)NCC(C)(C)N)cc1. The number of amides is 1. The summed E-state index contributed by atoms with van der Waals surface area (Å²) in [5.41, 5.74) is 6.27. The Bertz CT molecular complexity index is 647. The van der Waals surface area contributed by atoms with E-state index in [2.05, 4.69) is 10.0 Å². The molecular weight excluding hydrogens is 326 g/mol. The predicted octanol–water partition coefficient (Wildman–Crippen LogP) is 1.54. The zero-order valence-corrected chi connectivity index (χ0v) is 15.9. The summed E-state index contributed by atoms with van der Waals surface area (Å²) in [6.07, 6.45) is 0.405. The molecule has 1 atom stereocenters. The Morgan fingerprint density at radius 2 is 1.75 bits per heavy atom. The van der Waals surface area contributed by atoms with Crippen molar-refractivity contribution in [1.82, 2.24) is 10.0 Å². The molecule has 0 aliphatic carbocycles. The summed E-state index contributed by atoms with van der Waals surface area (Å²) < 4.78 is 27.6. The molecule has 0 aliphatic heterocycles. The Morgan fingerprint density at radius 3 is 2.21 bits per heavy atom. The van der Waals surface area contributed by atoms with Gasteiger partial charge in [0.15, 0.2) is 0 Å². The van der Waals surface area contributed by atoms with Gasteiger partial charge < -0.3 is 11.1 Å². The van der Waals surface area contributed by atoms with E-state index in [0.717, 1.165) is 5.56 Å². The molecule has 0 bridgehead atoms. The van der Waals surface area contributed by atoms with E-state index in [9.17, 15) is 13.2 Å². The average Bonchev–Trinajstić information content (AvgIpc) is 2.43. The number of nitrogens with one attached hydrogen (secondary N) is 2. The lowest BCUT2D eigenvalue weighted by atomic mass is 10.0. The van der Waals surface area contributed by atoms with Gasteiger partial charge in [0.25, 0.3) is 0 Å². The molecule has 1 unspecified atom stereocenters. The third-order valence-electron chi connectivity index (χ3n) is 3.37. The Kier molecular flexibility index (Phi) is 6.95. The average molecular weight is 356 g/mol. The fourth-order valence-electron chi connectivity index (χ4n) is 2.09. The van der Waals surface area contributed by atoms with Gasteiger partial charge in [0.1, 0.15) is 6.04 Å². The van der Waals surface area contributed by atoms with Crippen LogP contribution in [0.25, 0.3) is 0 Å². The molecule has 1 amide bonds. The van der Waals surface area contributed by atoms with Gasteiger partial charge in [-0.1, -0.05) is 31.5 Å². The molecule has 0 aromatic heterocycles. The smallest absolute Gasteiger partial charge is 0.241 e. The van der Waals surface area contributed by atoms with E-state index in [0.29, 0.717) is 6.42 Å². The van der Waals surface area contributed by atoms with Gasteiger partial charge in [0.05, 0.1) is 4.90 Å². The summed E-state index contributed by atoms with van der Waals surface area (Å²) in [4.78, 5) is 12.5. The van der Waals surface area contributed by atoms with Crippen LogP contribution in [-0.2, 0) is 14.8 Å². The molecule has 1 aromatic rings. The van der Waals surface area contributed by atoms with Crippen LogP contribution in [0.3, 0.4) is 0 Å². The molecule has 7 heteroatoms. The van der Waals surface area contributed by atoms with E-state index >= 15 is 0 Å². The fourth-order valence-corrected chi connectivity index (χ4v) is 3.30. The molecule has 1 aromatic carbocycles. The molecule has 1 rings (SSSR count). The van der Waals surface area contributed by atoms with Crippen molar-refractivity contribution in [3.8, 4) is 0 Å². The minimum absolute atomic E-state index is 0.147. The molecule has 0 saturated carbocycles. The number of carbonyl (C=O) groups is 1. The number of hydrogen-bond acceptors (Lipinski definition) is 4. The summed E-state index contributed by atoms with van der Waals surface area (Å²) in [5, 5.41) is 2.72. The van der Waals surface area contributed by atoms with Gasteiger partial charge in [-0.05, 0) is 45.2 Å². The van der Waals surface area contributed by atoms with Crippen molar-refractivity contribution < 1.29 is 13.2 Å². The van der Waals surface area contributed by atoms with Crippen molar-refractivity contribution in [3.05, 3.63) is 29.8 Å². The molecule has 0 fully saturated rings. The van der Waals surface area contributed by atoms with Gasteiger partial charge in [0, 0.05) is 12.1 Å². The van der Waals surface area contributed by atoms with Crippen molar-refractivity contribution in [2.75, 3.05) is 6.54 Å². The summed E-state index contributed by atoms with van der Waals surface area (Å²) >= 11 is 0. The largest absolute Gasteiger partial charge is 0.353 e. The highest BCUT2D eigenvalue weighted by Gasteiger charge is 2.27. The minimum atomic E-state index is -3.76. The standard InChI is InChI=1S/C17H29N3O3S/c1-12(2)10-15(16(21)19-11-17(4,5)18)20-24(22,23)14-8-6-13(3)7-9-14/h6-9,12,15,20H,10-11,18H2,1-5H3,(H,19,21). The van der Waals surface area contributed by atoms with Crippen molar-refractivity contribution in [3.63, 3.8) is 0 Å². The van der Waals surface area contributed by atoms with Crippen LogP contribution in [0.4, 0.5) is 0 Å². The quantitative estimate of drug-likeness (QED) is 0.658. The van der Waals surface area contributed by atoms with Gasteiger partial charge in [-0.3, -0.25) is 4.79 Å². The molecule has 6 nitrogen and oxygen atoms in total. The maximum atomic E-state index is 12.5. The number of hydrogen-bond donors (Lipinski definition) is 3. The molecule has 4 N–H and O–H groups in total. The maximum absolute atomic E-state index is 12.5. The van der Waals surface area contributed by atoms with E-state index in [1.165, 1.54) is 12.1 Å². The van der Waals surface area contributed by atoms with Crippen molar-refractivity contribution in [1.29, 1.82) is 0 Å². The van der Waals surface area contributed by atoms with Crippen LogP contribution >= 0.6 is 0 Å². The highest BCUT2D eigenvalue weighted by Crippen LogP contribution is 2.13. The first-order chi connectivity index (χ1) is 10.9. The van der Waals surface area contributed by atoms with Gasteiger partial charge in [-0.15, -0.1) is 0 Å². The predicted molar refractivity (Wildman–Crippen MR) is 96.0 cm³/mol. The Labute approximate surface area is 145 Å². The van der Waals surface area contributed by atoms with E-state index in [1.807, 2.05) is 20.8 Å². The van der Waals surface area contributed by atoms with Crippen molar-refractivity contribution in [2.45, 2.75) is 57.5 Å². The third-order valence-corrected chi connectivity index (χ3v) is 4.86. The number of rotatable bonds is 8. The second-order valence-corrected chi connectivity index (χ2v) is 9.04. The van der Waals surface area contributed by atoms with Crippen LogP contribution in [-0.4, -0.2) is 32.5 Å². The first-order valence-electron chi connectivity index (χ1n) is 8.06. The minimum Gasteiger partial charge on any atom is -0.353 e. The molecule has 0 spiro atoms. The fraction of sp³-hybridized carbons (Fsp3) is 0.588. The first-order valence-corrected chi connectivity index (χ1v) is 9.54. The van der Waals surface area contributed by atoms with Crippen molar-refractivity contribution in [2.24, 2.45) is 11.7 Å². The van der Waals surface area contributed by atoms with Gasteiger partial charge in [-0.25, -0.2) is 8.42 Å². The molecule has 24 heavy (non-hydrogen) atoms. The monoisotopic (exact) mass is 355 g/mol. The summed E-state index contributed by atoms with van der Waals surface area (Å²) in [6, 6.07) is 5.68. The zero-order valence-electron chi connectivity index (χ0n) is 15.1. The number of sulfonamides is 1. The highest BCUT2D eigenvalue weighted by molar-refractivity contribution is 7.89. The van der Waals surface area contributed by atoms with Gasteiger partial charge in [0.2, 0.25) is 15.9 Å². The normalized spacial score (nSPS) is 13.8. The Balaban J connectivity index is 2.92. The summed E-state index contributed by atoms with van der Waals surface area (Å²) in [5.74, 6) is -0.203. The molecule has 0 aliphatic rings. The number of nitrogens with two attached hydrogens (primary N) is 1. The van der Waals surface area contributed by atoms with Crippen LogP contribution < -0.4 is 15.8 Å². The van der Waals surface area contributed by atoms with Gasteiger partial charge in [-0.2, -0.15) is 4.72 Å². The molecule has 0 saturated heterocycles.